The van der Waals surface area contributed by atoms with E-state index in [2.05, 4.69) is 35.7 Å². The maximum atomic E-state index is 11.0. The number of anilines is 2. The summed E-state index contributed by atoms with van der Waals surface area (Å²) in [6.45, 7) is 2.99. The van der Waals surface area contributed by atoms with Crippen LogP contribution in [-0.2, 0) is 0 Å². The molecule has 4 heterocycles. The van der Waals surface area contributed by atoms with Crippen LogP contribution in [0.4, 0.5) is 11.6 Å². The van der Waals surface area contributed by atoms with Crippen LogP contribution in [0.25, 0.3) is 11.0 Å². The summed E-state index contributed by atoms with van der Waals surface area (Å²) in [6, 6.07) is 7.18. The predicted octanol–water partition coefficient (Wildman–Crippen LogP) is 1.65. The van der Waals surface area contributed by atoms with Gasteiger partial charge in [0.25, 0.3) is 0 Å². The molecule has 0 spiro atoms. The molecule has 2 aliphatic rings. The molecule has 3 aromatic rings. The van der Waals surface area contributed by atoms with Crippen molar-refractivity contribution in [2.24, 2.45) is 0 Å². The zero-order valence-corrected chi connectivity index (χ0v) is 17.8. The van der Waals surface area contributed by atoms with Crippen LogP contribution in [-0.4, -0.2) is 69.9 Å². The van der Waals surface area contributed by atoms with E-state index in [1.807, 2.05) is 25.4 Å². The van der Waals surface area contributed by atoms with Gasteiger partial charge in [-0.25, -0.2) is 19.7 Å². The Hall–Kier alpha value is -3.71. The Kier molecular flexibility index (Phi) is 5.11. The number of piperazine rings is 1. The van der Waals surface area contributed by atoms with Gasteiger partial charge in [-0.2, -0.15) is 5.26 Å². The van der Waals surface area contributed by atoms with Gasteiger partial charge in [-0.1, -0.05) is 0 Å². The standard InChI is InChI=1S/C22H24N8O2/c1-24-15-8-16(9-15)30-13-14(10-23)17-2-3-19(27-21(17)30)28-4-6-29(7-5-28)20-12-25-18(11-26-20)22(31)32/h2-3,11-13,15-16,24H,4-9H2,1H3,(H,31,32). The SMILES string of the molecule is CNC1CC(n2cc(C#N)c3ccc(N4CCN(c5cnc(C(=O)O)cn5)CC4)nc32)C1. The summed E-state index contributed by atoms with van der Waals surface area (Å²) in [5.74, 6) is 0.496. The zero-order valence-electron chi connectivity index (χ0n) is 17.8. The Balaban J connectivity index is 1.33. The number of carboxylic acids is 1. The molecule has 0 atom stereocenters. The fourth-order valence-electron chi connectivity index (χ4n) is 4.47. The normalized spacial score (nSPS) is 20.8. The summed E-state index contributed by atoms with van der Waals surface area (Å²) in [5.41, 5.74) is 1.48. The average Bonchev–Trinajstić information content (AvgIpc) is 3.16. The highest BCUT2D eigenvalue weighted by Crippen LogP contribution is 2.36. The van der Waals surface area contributed by atoms with E-state index in [1.165, 1.54) is 12.4 Å². The minimum absolute atomic E-state index is 0.0582. The van der Waals surface area contributed by atoms with E-state index >= 15 is 0 Å². The van der Waals surface area contributed by atoms with E-state index < -0.39 is 5.97 Å². The number of hydrogen-bond donors (Lipinski definition) is 2. The second kappa shape index (κ2) is 8.09. The summed E-state index contributed by atoms with van der Waals surface area (Å²) >= 11 is 0. The molecule has 5 rings (SSSR count). The van der Waals surface area contributed by atoms with Crippen molar-refractivity contribution in [2.75, 3.05) is 43.0 Å². The third-order valence-corrected chi connectivity index (χ3v) is 6.48. The highest BCUT2D eigenvalue weighted by Gasteiger charge is 2.31. The molecule has 1 aliphatic heterocycles. The second-order valence-corrected chi connectivity index (χ2v) is 8.25. The number of carboxylic acid groups (broad SMARTS) is 1. The molecule has 0 bridgehead atoms. The van der Waals surface area contributed by atoms with Crippen LogP contribution in [0.3, 0.4) is 0 Å². The van der Waals surface area contributed by atoms with E-state index in [4.69, 9.17) is 10.1 Å². The first-order valence-electron chi connectivity index (χ1n) is 10.7. The Labute approximate surface area is 185 Å². The molecule has 0 amide bonds. The summed E-state index contributed by atoms with van der Waals surface area (Å²) in [4.78, 5) is 28.5. The van der Waals surface area contributed by atoms with E-state index in [1.54, 1.807) is 0 Å². The number of rotatable bonds is 5. The van der Waals surface area contributed by atoms with Crippen molar-refractivity contribution in [2.45, 2.75) is 24.9 Å². The molecule has 3 aromatic heterocycles. The summed E-state index contributed by atoms with van der Waals surface area (Å²) in [5, 5.41) is 22.8. The molecule has 10 nitrogen and oxygen atoms in total. The molecule has 1 aliphatic carbocycles. The topological polar surface area (TPSA) is 123 Å². The molecule has 2 fully saturated rings. The lowest BCUT2D eigenvalue weighted by molar-refractivity contribution is 0.0690. The third-order valence-electron chi connectivity index (χ3n) is 6.48. The Bertz CT molecular complexity index is 1190. The molecule has 2 N–H and O–H groups in total. The smallest absolute Gasteiger partial charge is 0.356 e. The Morgan fingerprint density at radius 2 is 1.84 bits per heavy atom. The van der Waals surface area contributed by atoms with E-state index in [0.717, 1.165) is 55.9 Å². The first kappa shape index (κ1) is 20.2. The van der Waals surface area contributed by atoms with Crippen molar-refractivity contribution in [3.8, 4) is 6.07 Å². The first-order valence-corrected chi connectivity index (χ1v) is 10.7. The van der Waals surface area contributed by atoms with E-state index in [0.29, 0.717) is 23.5 Å². The van der Waals surface area contributed by atoms with Gasteiger partial charge < -0.3 is 24.8 Å². The monoisotopic (exact) mass is 432 g/mol. The van der Waals surface area contributed by atoms with Crippen molar-refractivity contribution in [3.05, 3.63) is 42.0 Å². The van der Waals surface area contributed by atoms with Crippen molar-refractivity contribution in [1.82, 2.24) is 24.8 Å². The number of hydrogen-bond acceptors (Lipinski definition) is 8. The Morgan fingerprint density at radius 1 is 1.12 bits per heavy atom. The van der Waals surface area contributed by atoms with Gasteiger partial charge in [-0.15, -0.1) is 0 Å². The molecule has 164 valence electrons. The number of fused-ring (bicyclic) bond motifs is 1. The van der Waals surface area contributed by atoms with Crippen LogP contribution in [0.1, 0.15) is 34.9 Å². The van der Waals surface area contributed by atoms with Gasteiger partial charge in [0.1, 0.15) is 23.4 Å². The molecular formula is C22H24N8O2. The van der Waals surface area contributed by atoms with Crippen molar-refractivity contribution in [3.63, 3.8) is 0 Å². The van der Waals surface area contributed by atoms with Crippen LogP contribution < -0.4 is 15.1 Å². The minimum Gasteiger partial charge on any atom is -0.476 e. The average molecular weight is 432 g/mol. The van der Waals surface area contributed by atoms with Crippen LogP contribution in [0.2, 0.25) is 0 Å². The van der Waals surface area contributed by atoms with Gasteiger partial charge in [0.2, 0.25) is 0 Å². The Morgan fingerprint density at radius 3 is 2.44 bits per heavy atom. The lowest BCUT2D eigenvalue weighted by Crippen LogP contribution is -2.47. The number of carbonyl (C=O) groups is 1. The fraction of sp³-hybridized carbons (Fsp3) is 0.409. The van der Waals surface area contributed by atoms with E-state index in [-0.39, 0.29) is 5.69 Å². The molecule has 1 saturated carbocycles. The van der Waals surface area contributed by atoms with Gasteiger partial charge in [-0.05, 0) is 32.0 Å². The van der Waals surface area contributed by atoms with Crippen molar-refractivity contribution < 1.29 is 9.90 Å². The molecule has 0 unspecified atom stereocenters. The van der Waals surface area contributed by atoms with Gasteiger partial charge in [-0.3, -0.25) is 0 Å². The third kappa shape index (κ3) is 3.50. The number of pyridine rings is 1. The van der Waals surface area contributed by atoms with Gasteiger partial charge in [0.05, 0.1) is 18.0 Å². The highest BCUT2D eigenvalue weighted by molar-refractivity contribution is 5.85. The zero-order chi connectivity index (χ0) is 22.2. The van der Waals surface area contributed by atoms with Crippen LogP contribution >= 0.6 is 0 Å². The molecular weight excluding hydrogens is 408 g/mol. The molecule has 32 heavy (non-hydrogen) atoms. The van der Waals surface area contributed by atoms with Gasteiger partial charge in [0.15, 0.2) is 5.69 Å². The lowest BCUT2D eigenvalue weighted by Gasteiger charge is -2.37. The van der Waals surface area contributed by atoms with Crippen LogP contribution in [0, 0.1) is 11.3 Å². The quantitative estimate of drug-likeness (QED) is 0.619. The second-order valence-electron chi connectivity index (χ2n) is 8.25. The van der Waals surface area contributed by atoms with Crippen LogP contribution in [0.15, 0.2) is 30.7 Å². The van der Waals surface area contributed by atoms with Gasteiger partial charge in [0, 0.05) is 49.8 Å². The minimum atomic E-state index is -1.08. The number of aromatic carboxylic acids is 1. The number of aromatic nitrogens is 4. The van der Waals surface area contributed by atoms with Crippen molar-refractivity contribution in [1.29, 1.82) is 5.26 Å². The van der Waals surface area contributed by atoms with E-state index in [9.17, 15) is 10.1 Å². The lowest BCUT2D eigenvalue weighted by atomic mass is 9.87. The summed E-state index contributed by atoms with van der Waals surface area (Å²) in [6.07, 6.45) is 6.82. The molecule has 1 saturated heterocycles. The van der Waals surface area contributed by atoms with Crippen LogP contribution in [0.5, 0.6) is 0 Å². The van der Waals surface area contributed by atoms with Gasteiger partial charge >= 0.3 is 5.97 Å². The summed E-state index contributed by atoms with van der Waals surface area (Å²) in [7, 11) is 1.98. The molecule has 10 heteroatoms. The predicted molar refractivity (Wildman–Crippen MR) is 119 cm³/mol. The maximum absolute atomic E-state index is 11.0. The molecule has 0 aromatic carbocycles. The van der Waals surface area contributed by atoms with Crippen molar-refractivity contribution >= 4 is 28.6 Å². The highest BCUT2D eigenvalue weighted by atomic mass is 16.4. The number of nitrogens with one attached hydrogen (secondary N) is 1. The first-order chi connectivity index (χ1) is 15.6. The largest absolute Gasteiger partial charge is 0.476 e. The number of nitrogens with zero attached hydrogens (tertiary/aromatic N) is 7. The molecule has 0 radical (unpaired) electrons. The fourth-order valence-corrected chi connectivity index (χ4v) is 4.47. The summed E-state index contributed by atoms with van der Waals surface area (Å²) < 4.78 is 2.17. The number of nitriles is 1. The maximum Gasteiger partial charge on any atom is 0.356 e.